The molecular weight excluding hydrogens is 751 g/mol. The van der Waals surface area contributed by atoms with E-state index in [2.05, 4.69) is 5.32 Å². The van der Waals surface area contributed by atoms with Crippen LogP contribution in [0.25, 0.3) is 11.0 Å². The molecule has 14 heteroatoms. The number of carbonyl (C=O) groups excluding carboxylic acids is 2. The van der Waals surface area contributed by atoms with Crippen LogP contribution in [0, 0.1) is 3.57 Å². The number of hydrogen-bond acceptors (Lipinski definition) is 11. The average molecular weight is 785 g/mol. The highest BCUT2D eigenvalue weighted by atomic mass is 127. The van der Waals surface area contributed by atoms with Crippen molar-refractivity contribution in [2.24, 2.45) is 0 Å². The molecule has 1 aromatic heterocycles. The standard InChI is InChI=1S/C35H33IN2O11/c1-45-30-12-20(17-40)10-24(36)32(30)48-29-15-22(33(42)37-8-9-39)14-25(31(29)41)38(16-19-6-7-27-28(11-19)47-18-46-27)34(43)23-13-21-4-2-3-5-26(21)49-35(23)44/h2-7,10-13,15,25,29,31,39-41H,8-9,14,16-18H2,1H3,(H,37,42). The minimum Gasteiger partial charge on any atom is -0.493 e. The number of benzene rings is 3. The van der Waals surface area contributed by atoms with E-state index < -0.39 is 35.7 Å². The molecule has 3 unspecified atom stereocenters. The molecule has 4 N–H and O–H groups in total. The van der Waals surface area contributed by atoms with Crippen LogP contribution in [-0.4, -0.2) is 77.3 Å². The lowest BCUT2D eigenvalue weighted by Crippen LogP contribution is -2.55. The molecule has 3 aromatic carbocycles. The number of nitrogens with zero attached hydrogens (tertiary/aromatic N) is 1. The summed E-state index contributed by atoms with van der Waals surface area (Å²) in [5, 5.41) is 34.2. The first-order chi connectivity index (χ1) is 23.7. The van der Waals surface area contributed by atoms with Crippen molar-refractivity contribution in [3.05, 3.63) is 103 Å². The molecule has 2 heterocycles. The van der Waals surface area contributed by atoms with Gasteiger partial charge < -0.3 is 48.9 Å². The van der Waals surface area contributed by atoms with Crippen LogP contribution in [0.4, 0.5) is 0 Å². The molecule has 2 aliphatic rings. The summed E-state index contributed by atoms with van der Waals surface area (Å²) in [5.41, 5.74) is 0.537. The third-order valence-electron chi connectivity index (χ3n) is 8.26. The number of hydrogen-bond donors (Lipinski definition) is 4. The van der Waals surface area contributed by atoms with Crippen molar-refractivity contribution in [3.8, 4) is 23.0 Å². The van der Waals surface area contributed by atoms with Gasteiger partial charge in [0.05, 0.1) is 29.9 Å². The Labute approximate surface area is 293 Å². The Balaban J connectivity index is 1.44. The lowest BCUT2D eigenvalue weighted by Gasteiger charge is -2.40. The second-order valence-corrected chi connectivity index (χ2v) is 12.6. The highest BCUT2D eigenvalue weighted by Crippen LogP contribution is 2.38. The molecule has 256 valence electrons. The number of amides is 2. The topological polar surface area (TPSA) is 177 Å². The second-order valence-electron chi connectivity index (χ2n) is 11.4. The number of aliphatic hydroxyl groups excluding tert-OH is 3. The molecule has 1 aliphatic carbocycles. The second kappa shape index (κ2) is 14.9. The fraction of sp³-hybridized carbons (Fsp3) is 0.286. The molecule has 0 saturated carbocycles. The predicted octanol–water partition coefficient (Wildman–Crippen LogP) is 2.89. The summed E-state index contributed by atoms with van der Waals surface area (Å²) in [6.07, 6.45) is -1.25. The van der Waals surface area contributed by atoms with Crippen LogP contribution in [0.5, 0.6) is 23.0 Å². The van der Waals surface area contributed by atoms with Gasteiger partial charge in [-0.1, -0.05) is 24.3 Å². The molecule has 6 rings (SSSR count). The van der Waals surface area contributed by atoms with Crippen LogP contribution < -0.4 is 29.9 Å². The van der Waals surface area contributed by atoms with E-state index >= 15 is 0 Å². The maximum Gasteiger partial charge on any atom is 0.349 e. The van der Waals surface area contributed by atoms with Crippen LogP contribution in [-0.2, 0) is 17.9 Å². The molecule has 0 saturated heterocycles. The molecule has 4 aromatic rings. The van der Waals surface area contributed by atoms with E-state index in [1.165, 1.54) is 24.2 Å². The lowest BCUT2D eigenvalue weighted by molar-refractivity contribution is -0.118. The van der Waals surface area contributed by atoms with Gasteiger partial charge in [-0.15, -0.1) is 0 Å². The van der Waals surface area contributed by atoms with E-state index in [0.29, 0.717) is 37.2 Å². The first-order valence-electron chi connectivity index (χ1n) is 15.3. The Morgan fingerprint density at radius 1 is 1.04 bits per heavy atom. The van der Waals surface area contributed by atoms with Gasteiger partial charge in [0.25, 0.3) is 5.91 Å². The van der Waals surface area contributed by atoms with E-state index in [9.17, 15) is 29.7 Å². The smallest absolute Gasteiger partial charge is 0.349 e. The minimum absolute atomic E-state index is 0.0265. The molecule has 0 spiro atoms. The molecular formula is C35H33IN2O11. The molecule has 1 aliphatic heterocycles. The number of carbonyl (C=O) groups is 2. The summed E-state index contributed by atoms with van der Waals surface area (Å²) >= 11 is 2.02. The molecule has 49 heavy (non-hydrogen) atoms. The molecule has 0 fully saturated rings. The number of ether oxygens (including phenoxy) is 4. The third kappa shape index (κ3) is 7.22. The molecule has 3 atom stereocenters. The van der Waals surface area contributed by atoms with Crippen LogP contribution in [0.3, 0.4) is 0 Å². The first kappa shape index (κ1) is 34.2. The van der Waals surface area contributed by atoms with Gasteiger partial charge >= 0.3 is 5.63 Å². The van der Waals surface area contributed by atoms with Gasteiger partial charge in [-0.2, -0.15) is 0 Å². The van der Waals surface area contributed by atoms with Crippen molar-refractivity contribution in [1.29, 1.82) is 0 Å². The number of para-hydroxylation sites is 1. The normalized spacial score (nSPS) is 18.1. The minimum atomic E-state index is -1.42. The van der Waals surface area contributed by atoms with Crippen molar-refractivity contribution in [2.45, 2.75) is 37.8 Å². The van der Waals surface area contributed by atoms with E-state index in [-0.39, 0.29) is 62.2 Å². The van der Waals surface area contributed by atoms with Gasteiger partial charge in [0.1, 0.15) is 23.4 Å². The zero-order valence-electron chi connectivity index (χ0n) is 26.3. The van der Waals surface area contributed by atoms with Crippen molar-refractivity contribution < 1.29 is 48.3 Å². The first-order valence-corrected chi connectivity index (χ1v) is 16.4. The molecule has 2 amide bonds. The molecule has 0 radical (unpaired) electrons. The summed E-state index contributed by atoms with van der Waals surface area (Å²) in [4.78, 5) is 42.4. The highest BCUT2D eigenvalue weighted by Gasteiger charge is 2.42. The van der Waals surface area contributed by atoms with Gasteiger partial charge in [-0.3, -0.25) is 9.59 Å². The highest BCUT2D eigenvalue weighted by molar-refractivity contribution is 14.1. The van der Waals surface area contributed by atoms with Crippen molar-refractivity contribution >= 4 is 45.4 Å². The van der Waals surface area contributed by atoms with Crippen molar-refractivity contribution in [1.82, 2.24) is 10.2 Å². The zero-order chi connectivity index (χ0) is 34.7. The maximum atomic E-state index is 14.5. The SMILES string of the molecule is COc1cc(CO)cc(I)c1OC1C=C(C(=O)NCCO)CC(N(Cc2ccc3c(c2)OCO3)C(=O)c2cc3ccccc3oc2=O)C1O. The van der Waals surface area contributed by atoms with Crippen LogP contribution in [0.2, 0.25) is 0 Å². The number of nitrogens with one attached hydrogen (secondary N) is 1. The van der Waals surface area contributed by atoms with Gasteiger partial charge in [0.15, 0.2) is 23.0 Å². The summed E-state index contributed by atoms with van der Waals surface area (Å²) in [6, 6.07) is 15.6. The van der Waals surface area contributed by atoms with Crippen LogP contribution in [0.1, 0.15) is 27.9 Å². The maximum absolute atomic E-state index is 14.5. The van der Waals surface area contributed by atoms with E-state index in [1.54, 1.807) is 54.6 Å². The van der Waals surface area contributed by atoms with Crippen molar-refractivity contribution in [3.63, 3.8) is 0 Å². The van der Waals surface area contributed by atoms with Gasteiger partial charge in [0, 0.05) is 30.5 Å². The molecule has 13 nitrogen and oxygen atoms in total. The molecule has 0 bridgehead atoms. The average Bonchev–Trinajstić information content (AvgIpc) is 3.58. The Kier molecular flexibility index (Phi) is 10.4. The lowest BCUT2D eigenvalue weighted by atomic mass is 9.87. The van der Waals surface area contributed by atoms with E-state index in [1.807, 2.05) is 22.6 Å². The van der Waals surface area contributed by atoms with Gasteiger partial charge in [-0.05, 0) is 76.2 Å². The number of aliphatic hydroxyl groups is 3. The summed E-state index contributed by atoms with van der Waals surface area (Å²) < 4.78 is 28.9. The number of methoxy groups -OCH3 is 1. The van der Waals surface area contributed by atoms with Gasteiger partial charge in [-0.25, -0.2) is 4.79 Å². The third-order valence-corrected chi connectivity index (χ3v) is 9.06. The van der Waals surface area contributed by atoms with Crippen LogP contribution >= 0.6 is 22.6 Å². The number of rotatable bonds is 11. The Bertz CT molecular complexity index is 1980. The Morgan fingerprint density at radius 2 is 1.84 bits per heavy atom. The summed E-state index contributed by atoms with van der Waals surface area (Å²) in [5.74, 6) is 0.267. The quantitative estimate of drug-likeness (QED) is 0.130. The summed E-state index contributed by atoms with van der Waals surface area (Å²) in [7, 11) is 1.43. The summed E-state index contributed by atoms with van der Waals surface area (Å²) in [6.45, 7) is -0.632. The largest absolute Gasteiger partial charge is 0.493 e. The zero-order valence-corrected chi connectivity index (χ0v) is 28.4. The number of halogens is 1. The van der Waals surface area contributed by atoms with E-state index in [4.69, 9.17) is 23.4 Å². The monoisotopic (exact) mass is 784 g/mol. The fourth-order valence-electron chi connectivity index (χ4n) is 5.84. The van der Waals surface area contributed by atoms with Crippen LogP contribution in [0.15, 0.2) is 81.5 Å². The predicted molar refractivity (Wildman–Crippen MR) is 184 cm³/mol. The Hall–Kier alpha value is -4.64. The Morgan fingerprint density at radius 3 is 2.61 bits per heavy atom. The van der Waals surface area contributed by atoms with Crippen molar-refractivity contribution in [2.75, 3.05) is 27.1 Å². The van der Waals surface area contributed by atoms with Gasteiger partial charge in [0.2, 0.25) is 12.7 Å². The van der Waals surface area contributed by atoms with E-state index in [0.717, 1.165) is 0 Å². The number of fused-ring (bicyclic) bond motifs is 2. The fourth-order valence-corrected chi connectivity index (χ4v) is 6.63.